The van der Waals surface area contributed by atoms with E-state index in [-0.39, 0.29) is 6.54 Å². The second-order valence-corrected chi connectivity index (χ2v) is 5.46. The summed E-state index contributed by atoms with van der Waals surface area (Å²) in [6, 6.07) is 2.70. The van der Waals surface area contributed by atoms with Gasteiger partial charge in [0, 0.05) is 31.5 Å². The van der Waals surface area contributed by atoms with Gasteiger partial charge in [-0.2, -0.15) is 13.2 Å². The fourth-order valence-electron chi connectivity index (χ4n) is 2.56. The summed E-state index contributed by atoms with van der Waals surface area (Å²) in [5.41, 5.74) is 1.51. The van der Waals surface area contributed by atoms with Gasteiger partial charge in [0.1, 0.15) is 0 Å². The van der Waals surface area contributed by atoms with Crippen molar-refractivity contribution >= 4 is 12.0 Å². The van der Waals surface area contributed by atoms with E-state index in [2.05, 4.69) is 10.3 Å². The summed E-state index contributed by atoms with van der Waals surface area (Å²) in [4.78, 5) is 27.9. The van der Waals surface area contributed by atoms with Crippen LogP contribution in [-0.4, -0.2) is 46.3 Å². The van der Waals surface area contributed by atoms with Crippen molar-refractivity contribution in [1.82, 2.24) is 15.2 Å². The van der Waals surface area contributed by atoms with Gasteiger partial charge < -0.3 is 15.3 Å². The minimum Gasteiger partial charge on any atom is -0.481 e. The lowest BCUT2D eigenvalue weighted by Crippen LogP contribution is -2.39. The summed E-state index contributed by atoms with van der Waals surface area (Å²) in [5.74, 6) is -5.23. The Kier molecular flexibility index (Phi) is 4.76. The molecular weight excluding hydrogens is 315 g/mol. The number of halogens is 3. The molecule has 1 aliphatic rings. The van der Waals surface area contributed by atoms with Gasteiger partial charge in [0.25, 0.3) is 0 Å². The highest BCUT2D eigenvalue weighted by atomic mass is 19.4. The van der Waals surface area contributed by atoms with Crippen molar-refractivity contribution in [3.05, 3.63) is 29.6 Å². The molecule has 0 unspecified atom stereocenters. The molecule has 9 heteroatoms. The first kappa shape index (κ1) is 17.0. The first-order chi connectivity index (χ1) is 10.7. The van der Waals surface area contributed by atoms with Gasteiger partial charge in [0.05, 0.1) is 11.8 Å². The van der Waals surface area contributed by atoms with Gasteiger partial charge in [-0.25, -0.2) is 4.79 Å². The minimum atomic E-state index is -4.65. The second kappa shape index (κ2) is 6.43. The Balaban J connectivity index is 1.99. The maximum atomic E-state index is 12.9. The fraction of sp³-hybridized carbons (Fsp3) is 0.500. The number of aryl methyl sites for hydroxylation is 1. The van der Waals surface area contributed by atoms with Gasteiger partial charge in [0.2, 0.25) is 0 Å². The summed E-state index contributed by atoms with van der Waals surface area (Å²) in [6.07, 6.45) is -3.09. The molecule has 0 spiro atoms. The summed E-state index contributed by atoms with van der Waals surface area (Å²) in [5, 5.41) is 11.4. The van der Waals surface area contributed by atoms with Crippen LogP contribution in [0.1, 0.15) is 11.3 Å². The first-order valence-corrected chi connectivity index (χ1v) is 6.92. The molecule has 2 N–H and O–H groups in total. The SMILES string of the molecule is Cc1cc(CNC(=O)N2C[C@@H](C(F)(F)F)[C@H](C(=O)O)C2)ccn1. The molecule has 1 aliphatic heterocycles. The third kappa shape index (κ3) is 4.11. The van der Waals surface area contributed by atoms with Crippen LogP contribution in [0.2, 0.25) is 0 Å². The zero-order valence-corrected chi connectivity index (χ0v) is 12.3. The van der Waals surface area contributed by atoms with E-state index in [4.69, 9.17) is 5.11 Å². The molecule has 126 valence electrons. The molecule has 2 rings (SSSR count). The van der Waals surface area contributed by atoms with Gasteiger partial charge in [-0.05, 0) is 24.6 Å². The molecule has 1 fully saturated rings. The number of hydrogen-bond acceptors (Lipinski definition) is 3. The van der Waals surface area contributed by atoms with Crippen molar-refractivity contribution in [2.75, 3.05) is 13.1 Å². The molecule has 1 saturated heterocycles. The molecule has 0 saturated carbocycles. The predicted octanol–water partition coefficient (Wildman–Crippen LogP) is 1.79. The number of alkyl halides is 3. The van der Waals surface area contributed by atoms with Gasteiger partial charge in [-0.1, -0.05) is 0 Å². The van der Waals surface area contributed by atoms with E-state index in [1.165, 1.54) is 0 Å². The number of carboxylic acids is 1. The molecule has 2 amide bonds. The highest BCUT2D eigenvalue weighted by molar-refractivity contribution is 5.77. The Morgan fingerprint density at radius 1 is 1.43 bits per heavy atom. The number of amides is 2. The van der Waals surface area contributed by atoms with Crippen molar-refractivity contribution in [2.45, 2.75) is 19.6 Å². The Hall–Kier alpha value is -2.32. The number of likely N-dealkylation sites (tertiary alicyclic amines) is 1. The number of aliphatic carboxylic acids is 1. The second-order valence-electron chi connectivity index (χ2n) is 5.46. The average molecular weight is 331 g/mol. The van der Waals surface area contributed by atoms with Crippen molar-refractivity contribution in [2.24, 2.45) is 11.8 Å². The van der Waals surface area contributed by atoms with Crippen LogP contribution in [0.25, 0.3) is 0 Å². The van der Waals surface area contributed by atoms with E-state index in [1.54, 1.807) is 25.3 Å². The Bertz CT molecular complexity index is 606. The van der Waals surface area contributed by atoms with Crippen molar-refractivity contribution in [1.29, 1.82) is 0 Å². The third-order valence-corrected chi connectivity index (χ3v) is 3.75. The first-order valence-electron chi connectivity index (χ1n) is 6.92. The van der Waals surface area contributed by atoms with Gasteiger partial charge in [0.15, 0.2) is 0 Å². The van der Waals surface area contributed by atoms with Crippen LogP contribution in [0.4, 0.5) is 18.0 Å². The number of aromatic nitrogens is 1. The maximum Gasteiger partial charge on any atom is 0.394 e. The lowest BCUT2D eigenvalue weighted by atomic mass is 9.96. The normalized spacial score (nSPS) is 21.3. The van der Waals surface area contributed by atoms with Crippen LogP contribution >= 0.6 is 0 Å². The molecule has 0 radical (unpaired) electrons. The Labute approximate surface area is 130 Å². The van der Waals surface area contributed by atoms with E-state index in [9.17, 15) is 22.8 Å². The summed E-state index contributed by atoms with van der Waals surface area (Å²) < 4.78 is 38.6. The molecule has 0 bridgehead atoms. The number of carboxylic acid groups (broad SMARTS) is 1. The number of carbonyl (C=O) groups is 2. The quantitative estimate of drug-likeness (QED) is 0.885. The molecule has 2 heterocycles. The number of carbonyl (C=O) groups excluding carboxylic acids is 1. The standard InChI is InChI=1S/C14H16F3N3O3/c1-8-4-9(2-3-18-8)5-19-13(23)20-6-10(12(21)22)11(7-20)14(15,16)17/h2-4,10-11H,5-7H2,1H3,(H,19,23)(H,21,22)/t10-,11-/m1/s1. The number of nitrogens with one attached hydrogen (secondary N) is 1. The van der Waals surface area contributed by atoms with Crippen molar-refractivity contribution < 1.29 is 27.9 Å². The Morgan fingerprint density at radius 3 is 2.65 bits per heavy atom. The molecule has 0 aromatic carbocycles. The van der Waals surface area contributed by atoms with Crippen LogP contribution in [0.15, 0.2) is 18.3 Å². The van der Waals surface area contributed by atoms with E-state index >= 15 is 0 Å². The van der Waals surface area contributed by atoms with Gasteiger partial charge >= 0.3 is 18.2 Å². The van der Waals surface area contributed by atoms with E-state index in [0.717, 1.165) is 16.2 Å². The van der Waals surface area contributed by atoms with Crippen LogP contribution in [-0.2, 0) is 11.3 Å². The lowest BCUT2D eigenvalue weighted by Gasteiger charge is -2.18. The van der Waals surface area contributed by atoms with Crippen LogP contribution < -0.4 is 5.32 Å². The van der Waals surface area contributed by atoms with Crippen LogP contribution in [0, 0.1) is 18.8 Å². The number of urea groups is 1. The number of hydrogen-bond donors (Lipinski definition) is 2. The number of pyridine rings is 1. The molecule has 1 aromatic rings. The fourth-order valence-corrected chi connectivity index (χ4v) is 2.56. The van der Waals surface area contributed by atoms with E-state index < -0.39 is 43.1 Å². The van der Waals surface area contributed by atoms with Crippen LogP contribution in [0.3, 0.4) is 0 Å². The average Bonchev–Trinajstić information content (AvgIpc) is 2.90. The molecule has 0 aliphatic carbocycles. The summed E-state index contributed by atoms with van der Waals surface area (Å²) in [7, 11) is 0. The highest BCUT2D eigenvalue weighted by Gasteiger charge is 2.53. The molecule has 2 atom stereocenters. The van der Waals surface area contributed by atoms with E-state index in [0.29, 0.717) is 0 Å². The molecular formula is C14H16F3N3O3. The number of rotatable bonds is 3. The Morgan fingerprint density at radius 2 is 2.13 bits per heavy atom. The summed E-state index contributed by atoms with van der Waals surface area (Å²) in [6.45, 7) is 0.798. The van der Waals surface area contributed by atoms with Gasteiger partial charge in [-0.3, -0.25) is 9.78 Å². The lowest BCUT2D eigenvalue weighted by molar-refractivity contribution is -0.187. The largest absolute Gasteiger partial charge is 0.481 e. The van der Waals surface area contributed by atoms with Crippen LogP contribution in [0.5, 0.6) is 0 Å². The molecule has 1 aromatic heterocycles. The van der Waals surface area contributed by atoms with E-state index in [1.807, 2.05) is 0 Å². The monoisotopic (exact) mass is 331 g/mol. The minimum absolute atomic E-state index is 0.132. The summed E-state index contributed by atoms with van der Waals surface area (Å²) >= 11 is 0. The molecule has 6 nitrogen and oxygen atoms in total. The topological polar surface area (TPSA) is 82.5 Å². The zero-order chi connectivity index (χ0) is 17.2. The van der Waals surface area contributed by atoms with Crippen molar-refractivity contribution in [3.8, 4) is 0 Å². The smallest absolute Gasteiger partial charge is 0.394 e. The number of nitrogens with zero attached hydrogens (tertiary/aromatic N) is 2. The highest BCUT2D eigenvalue weighted by Crippen LogP contribution is 2.37. The van der Waals surface area contributed by atoms with Crippen molar-refractivity contribution in [3.63, 3.8) is 0 Å². The van der Waals surface area contributed by atoms with Gasteiger partial charge in [-0.15, -0.1) is 0 Å². The third-order valence-electron chi connectivity index (χ3n) is 3.75. The maximum absolute atomic E-state index is 12.9. The predicted molar refractivity (Wildman–Crippen MR) is 73.5 cm³/mol. The zero-order valence-electron chi connectivity index (χ0n) is 12.3. The molecule has 23 heavy (non-hydrogen) atoms.